The Morgan fingerprint density at radius 1 is 1.39 bits per heavy atom. The van der Waals surface area contributed by atoms with Gasteiger partial charge in [-0.15, -0.1) is 0 Å². The lowest BCUT2D eigenvalue weighted by molar-refractivity contribution is -0.139. The average molecular weight is 260 g/mol. The summed E-state index contributed by atoms with van der Waals surface area (Å²) >= 11 is 0. The number of carboxylic acid groups (broad SMARTS) is 1. The van der Waals surface area contributed by atoms with E-state index in [4.69, 9.17) is 9.84 Å². The van der Waals surface area contributed by atoms with Gasteiger partial charge in [0.1, 0.15) is 6.04 Å². The van der Waals surface area contributed by atoms with Crippen molar-refractivity contribution in [1.82, 2.24) is 10.2 Å². The van der Waals surface area contributed by atoms with Crippen LogP contribution in [0.2, 0.25) is 0 Å². The quantitative estimate of drug-likeness (QED) is 0.689. The third-order valence-electron chi connectivity index (χ3n) is 2.59. The first-order valence-corrected chi connectivity index (χ1v) is 6.22. The topological polar surface area (TPSA) is 78.9 Å². The lowest BCUT2D eigenvalue weighted by atomic mass is 10.2. The highest BCUT2D eigenvalue weighted by molar-refractivity contribution is 5.82. The third kappa shape index (κ3) is 5.86. The number of carbonyl (C=O) groups excluding carboxylic acids is 1. The minimum Gasteiger partial charge on any atom is -0.480 e. The predicted octanol–water partition coefficient (Wildman–Crippen LogP) is 1.31. The number of rotatable bonds is 8. The number of carbonyl (C=O) groups is 2. The Bertz CT molecular complexity index is 269. The standard InChI is InChI=1S/C12H24N2O4/c1-5-6-10(11(15)16)13-12(17)14(9(2)3)7-8-18-4/h9-10H,5-8H2,1-4H3,(H,13,17)(H,15,16)/t10-/m1/s1. The number of nitrogens with one attached hydrogen (secondary N) is 1. The highest BCUT2D eigenvalue weighted by atomic mass is 16.5. The number of nitrogens with zero attached hydrogens (tertiary/aromatic N) is 1. The molecular weight excluding hydrogens is 236 g/mol. The molecule has 0 unspecified atom stereocenters. The van der Waals surface area contributed by atoms with E-state index in [1.807, 2.05) is 20.8 Å². The number of urea groups is 1. The van der Waals surface area contributed by atoms with Gasteiger partial charge in [0.15, 0.2) is 0 Å². The predicted molar refractivity (Wildman–Crippen MR) is 68.6 cm³/mol. The van der Waals surface area contributed by atoms with Crippen LogP contribution >= 0.6 is 0 Å². The number of aliphatic carboxylic acids is 1. The summed E-state index contributed by atoms with van der Waals surface area (Å²) in [6.07, 6.45) is 1.13. The van der Waals surface area contributed by atoms with Crippen LogP contribution in [-0.2, 0) is 9.53 Å². The van der Waals surface area contributed by atoms with Crippen LogP contribution in [-0.4, -0.2) is 54.4 Å². The summed E-state index contributed by atoms with van der Waals surface area (Å²) < 4.78 is 4.93. The molecule has 1 atom stereocenters. The van der Waals surface area contributed by atoms with Crippen LogP contribution in [0, 0.1) is 0 Å². The maximum Gasteiger partial charge on any atom is 0.326 e. The molecule has 0 aromatic carbocycles. The van der Waals surface area contributed by atoms with Crippen molar-refractivity contribution in [2.45, 2.75) is 45.7 Å². The fourth-order valence-corrected chi connectivity index (χ4v) is 1.56. The molecule has 0 rings (SSSR count). The van der Waals surface area contributed by atoms with Crippen molar-refractivity contribution in [3.63, 3.8) is 0 Å². The molecule has 0 aromatic rings. The highest BCUT2D eigenvalue weighted by Gasteiger charge is 2.23. The fourth-order valence-electron chi connectivity index (χ4n) is 1.56. The van der Waals surface area contributed by atoms with E-state index in [1.165, 1.54) is 0 Å². The van der Waals surface area contributed by atoms with E-state index in [0.717, 1.165) is 0 Å². The highest BCUT2D eigenvalue weighted by Crippen LogP contribution is 2.02. The van der Waals surface area contributed by atoms with E-state index in [0.29, 0.717) is 26.0 Å². The monoisotopic (exact) mass is 260 g/mol. The molecule has 6 nitrogen and oxygen atoms in total. The molecule has 106 valence electrons. The lowest BCUT2D eigenvalue weighted by Crippen LogP contribution is -2.51. The molecule has 0 heterocycles. The van der Waals surface area contributed by atoms with Gasteiger partial charge in [0.2, 0.25) is 0 Å². The normalized spacial score (nSPS) is 12.3. The molecule has 18 heavy (non-hydrogen) atoms. The lowest BCUT2D eigenvalue weighted by Gasteiger charge is -2.28. The second-order valence-electron chi connectivity index (χ2n) is 4.41. The summed E-state index contributed by atoms with van der Waals surface area (Å²) in [5.74, 6) is -0.999. The molecule has 2 amide bonds. The van der Waals surface area contributed by atoms with E-state index >= 15 is 0 Å². The van der Waals surface area contributed by atoms with Crippen molar-refractivity contribution in [3.8, 4) is 0 Å². The number of carboxylic acids is 1. The Hall–Kier alpha value is -1.30. The van der Waals surface area contributed by atoms with E-state index in [1.54, 1.807) is 12.0 Å². The van der Waals surface area contributed by atoms with Crippen LogP contribution in [0.25, 0.3) is 0 Å². The average Bonchev–Trinajstić information content (AvgIpc) is 2.28. The van der Waals surface area contributed by atoms with Gasteiger partial charge in [-0.2, -0.15) is 0 Å². The Labute approximate surface area is 108 Å². The van der Waals surface area contributed by atoms with Crippen molar-refractivity contribution in [1.29, 1.82) is 0 Å². The molecule has 0 aromatic heterocycles. The number of methoxy groups -OCH3 is 1. The minimum atomic E-state index is -0.999. The molecule has 0 aliphatic heterocycles. The van der Waals surface area contributed by atoms with Gasteiger partial charge in [-0.25, -0.2) is 9.59 Å². The van der Waals surface area contributed by atoms with Crippen LogP contribution in [0.1, 0.15) is 33.6 Å². The summed E-state index contributed by atoms with van der Waals surface area (Å²) in [5.41, 5.74) is 0. The van der Waals surface area contributed by atoms with Gasteiger partial charge >= 0.3 is 12.0 Å². The summed E-state index contributed by atoms with van der Waals surface area (Å²) in [7, 11) is 1.56. The number of hydrogen-bond acceptors (Lipinski definition) is 3. The van der Waals surface area contributed by atoms with Gasteiger partial charge in [0, 0.05) is 19.7 Å². The van der Waals surface area contributed by atoms with Crippen LogP contribution < -0.4 is 5.32 Å². The van der Waals surface area contributed by atoms with E-state index in [2.05, 4.69) is 5.32 Å². The Morgan fingerprint density at radius 2 is 2.00 bits per heavy atom. The summed E-state index contributed by atoms with van der Waals surface area (Å²) in [6, 6.07) is -1.19. The smallest absolute Gasteiger partial charge is 0.326 e. The number of amides is 2. The number of hydrogen-bond donors (Lipinski definition) is 2. The van der Waals surface area contributed by atoms with Crippen molar-refractivity contribution in [3.05, 3.63) is 0 Å². The molecule has 0 radical (unpaired) electrons. The first-order chi connectivity index (χ1) is 8.43. The van der Waals surface area contributed by atoms with Gasteiger partial charge < -0.3 is 20.1 Å². The molecule has 0 aliphatic rings. The van der Waals surface area contributed by atoms with Crippen LogP contribution in [0.5, 0.6) is 0 Å². The second-order valence-corrected chi connectivity index (χ2v) is 4.41. The molecular formula is C12H24N2O4. The molecule has 0 aliphatic carbocycles. The zero-order valence-electron chi connectivity index (χ0n) is 11.6. The summed E-state index contributed by atoms with van der Waals surface area (Å²) in [4.78, 5) is 24.5. The van der Waals surface area contributed by atoms with Gasteiger partial charge in [-0.1, -0.05) is 13.3 Å². The van der Waals surface area contributed by atoms with Crippen LogP contribution in [0.4, 0.5) is 4.79 Å². The molecule has 0 bridgehead atoms. The minimum absolute atomic E-state index is 0.00350. The van der Waals surface area contributed by atoms with Crippen molar-refractivity contribution >= 4 is 12.0 Å². The SMILES string of the molecule is CCC[C@@H](NC(=O)N(CCOC)C(C)C)C(=O)O. The first kappa shape index (κ1) is 16.7. The molecule has 0 spiro atoms. The number of ether oxygens (including phenoxy) is 1. The first-order valence-electron chi connectivity index (χ1n) is 6.22. The van der Waals surface area contributed by atoms with Crippen LogP contribution in [0.3, 0.4) is 0 Å². The maximum absolute atomic E-state index is 12.0. The second kappa shape index (κ2) is 8.74. The van der Waals surface area contributed by atoms with Gasteiger partial charge in [-0.3, -0.25) is 0 Å². The molecule has 6 heteroatoms. The third-order valence-corrected chi connectivity index (χ3v) is 2.59. The zero-order chi connectivity index (χ0) is 14.1. The van der Waals surface area contributed by atoms with Crippen molar-refractivity contribution in [2.24, 2.45) is 0 Å². The van der Waals surface area contributed by atoms with E-state index < -0.39 is 12.0 Å². The van der Waals surface area contributed by atoms with Gasteiger partial charge in [-0.05, 0) is 20.3 Å². The van der Waals surface area contributed by atoms with Crippen molar-refractivity contribution in [2.75, 3.05) is 20.3 Å². The largest absolute Gasteiger partial charge is 0.480 e. The Morgan fingerprint density at radius 3 is 2.39 bits per heavy atom. The zero-order valence-corrected chi connectivity index (χ0v) is 11.6. The molecule has 2 N–H and O–H groups in total. The Kier molecular flexibility index (Phi) is 8.11. The van der Waals surface area contributed by atoms with E-state index in [9.17, 15) is 9.59 Å². The molecule has 0 saturated heterocycles. The summed E-state index contributed by atoms with van der Waals surface area (Å²) in [5, 5.41) is 11.5. The molecule has 0 fully saturated rings. The fraction of sp³-hybridized carbons (Fsp3) is 0.833. The van der Waals surface area contributed by atoms with E-state index in [-0.39, 0.29) is 12.1 Å². The summed E-state index contributed by atoms with van der Waals surface area (Å²) in [6.45, 7) is 6.51. The Balaban J connectivity index is 4.51. The van der Waals surface area contributed by atoms with Gasteiger partial charge in [0.25, 0.3) is 0 Å². The van der Waals surface area contributed by atoms with Crippen LogP contribution in [0.15, 0.2) is 0 Å². The van der Waals surface area contributed by atoms with Gasteiger partial charge in [0.05, 0.1) is 6.61 Å². The molecule has 0 saturated carbocycles. The van der Waals surface area contributed by atoms with Crippen molar-refractivity contribution < 1.29 is 19.4 Å². The maximum atomic E-state index is 12.0.